The zero-order valence-electron chi connectivity index (χ0n) is 12.6. The number of nitrogens with one attached hydrogen (secondary N) is 1. The van der Waals surface area contributed by atoms with Crippen molar-refractivity contribution < 1.29 is 4.79 Å². The summed E-state index contributed by atoms with van der Waals surface area (Å²) in [4.78, 5) is 22.0. The minimum Gasteiger partial charge on any atom is -0.366 e. The Morgan fingerprint density at radius 3 is 2.71 bits per heavy atom. The van der Waals surface area contributed by atoms with Crippen LogP contribution in [-0.4, -0.2) is 39.9 Å². The summed E-state index contributed by atoms with van der Waals surface area (Å²) in [6.07, 6.45) is 2.20. The number of hydrogen-bond donors (Lipinski definition) is 2. The van der Waals surface area contributed by atoms with E-state index in [4.69, 9.17) is 5.73 Å². The molecule has 21 heavy (non-hydrogen) atoms. The molecule has 0 unspecified atom stereocenters. The van der Waals surface area contributed by atoms with Crippen molar-refractivity contribution in [1.82, 2.24) is 14.9 Å². The fourth-order valence-corrected chi connectivity index (χ4v) is 3.13. The number of nitrogens with zero attached hydrogens (tertiary/aromatic N) is 2. The molecule has 112 valence electrons. The van der Waals surface area contributed by atoms with Crippen LogP contribution in [-0.2, 0) is 0 Å². The summed E-state index contributed by atoms with van der Waals surface area (Å²) in [5, 5.41) is 0. The Kier molecular flexibility index (Phi) is 3.68. The van der Waals surface area contributed by atoms with E-state index < -0.39 is 5.91 Å². The molecule has 2 aromatic rings. The summed E-state index contributed by atoms with van der Waals surface area (Å²) < 4.78 is 0. The lowest BCUT2D eigenvalue weighted by molar-refractivity contribution is 0.100. The zero-order chi connectivity index (χ0) is 15.0. The fourth-order valence-electron chi connectivity index (χ4n) is 3.13. The van der Waals surface area contributed by atoms with Gasteiger partial charge in [0.15, 0.2) is 0 Å². The van der Waals surface area contributed by atoms with Crippen LogP contribution in [0, 0.1) is 0 Å². The molecule has 1 aliphatic rings. The molecule has 0 spiro atoms. The number of carbonyl (C=O) groups excluding carboxylic acids is 1. The first-order chi connectivity index (χ1) is 10.1. The average Bonchev–Trinajstić information content (AvgIpc) is 2.90. The number of carbonyl (C=O) groups is 1. The molecule has 2 heterocycles. The van der Waals surface area contributed by atoms with Gasteiger partial charge in [0, 0.05) is 12.0 Å². The van der Waals surface area contributed by atoms with Crippen molar-refractivity contribution in [1.29, 1.82) is 0 Å². The number of hydrogen-bond acceptors (Lipinski definition) is 3. The number of fused-ring (bicyclic) bond motifs is 1. The highest BCUT2D eigenvalue weighted by Gasteiger charge is 2.24. The molecule has 5 heteroatoms. The molecule has 3 rings (SSSR count). The van der Waals surface area contributed by atoms with Gasteiger partial charge in [-0.2, -0.15) is 0 Å². The highest BCUT2D eigenvalue weighted by Crippen LogP contribution is 2.29. The Labute approximate surface area is 124 Å². The molecular formula is C16H22N4O. The van der Waals surface area contributed by atoms with Gasteiger partial charge in [-0.25, -0.2) is 4.98 Å². The summed E-state index contributed by atoms with van der Waals surface area (Å²) >= 11 is 0. The number of para-hydroxylation sites is 1. The Balaban J connectivity index is 1.86. The second-order valence-corrected chi connectivity index (χ2v) is 6.09. The van der Waals surface area contributed by atoms with Gasteiger partial charge < -0.3 is 15.6 Å². The van der Waals surface area contributed by atoms with Crippen molar-refractivity contribution in [3.05, 3.63) is 29.6 Å². The predicted molar refractivity (Wildman–Crippen MR) is 83.3 cm³/mol. The Morgan fingerprint density at radius 1 is 1.38 bits per heavy atom. The topological polar surface area (TPSA) is 75.0 Å². The molecule has 1 aliphatic heterocycles. The Bertz CT molecular complexity index is 653. The van der Waals surface area contributed by atoms with Gasteiger partial charge in [-0.15, -0.1) is 0 Å². The Hall–Kier alpha value is -1.88. The molecule has 3 N–H and O–H groups in total. The third kappa shape index (κ3) is 2.65. The van der Waals surface area contributed by atoms with Crippen LogP contribution >= 0.6 is 0 Å². The first kappa shape index (κ1) is 14.1. The summed E-state index contributed by atoms with van der Waals surface area (Å²) in [6.45, 7) is 6.67. The number of H-pyrrole nitrogens is 1. The van der Waals surface area contributed by atoms with E-state index in [2.05, 4.69) is 28.7 Å². The van der Waals surface area contributed by atoms with Gasteiger partial charge in [-0.1, -0.05) is 6.07 Å². The van der Waals surface area contributed by atoms with Gasteiger partial charge in [0.1, 0.15) is 11.3 Å². The molecule has 0 bridgehead atoms. The van der Waals surface area contributed by atoms with E-state index in [0.717, 1.165) is 37.3 Å². The van der Waals surface area contributed by atoms with E-state index in [-0.39, 0.29) is 0 Å². The predicted octanol–water partition coefficient (Wildman–Crippen LogP) is 2.25. The molecule has 0 saturated carbocycles. The molecule has 1 saturated heterocycles. The van der Waals surface area contributed by atoms with Crippen molar-refractivity contribution in [2.45, 2.75) is 38.6 Å². The lowest BCUT2D eigenvalue weighted by atomic mass is 9.95. The van der Waals surface area contributed by atoms with E-state index in [1.54, 1.807) is 6.07 Å². The van der Waals surface area contributed by atoms with Gasteiger partial charge in [0.25, 0.3) is 5.91 Å². The second kappa shape index (κ2) is 5.48. The van der Waals surface area contributed by atoms with Crippen molar-refractivity contribution >= 4 is 16.9 Å². The van der Waals surface area contributed by atoms with Crippen LogP contribution in [0.25, 0.3) is 11.0 Å². The van der Waals surface area contributed by atoms with E-state index in [0.29, 0.717) is 23.0 Å². The van der Waals surface area contributed by atoms with Crippen LogP contribution in [0.1, 0.15) is 48.8 Å². The molecule has 1 amide bonds. The first-order valence-corrected chi connectivity index (χ1v) is 7.58. The highest BCUT2D eigenvalue weighted by atomic mass is 16.1. The fraction of sp³-hybridized carbons (Fsp3) is 0.500. The van der Waals surface area contributed by atoms with E-state index in [1.165, 1.54) is 0 Å². The molecule has 0 radical (unpaired) electrons. The smallest absolute Gasteiger partial charge is 0.250 e. The third-order valence-corrected chi connectivity index (χ3v) is 4.44. The maximum Gasteiger partial charge on any atom is 0.250 e. The number of nitrogens with two attached hydrogens (primary N) is 1. The van der Waals surface area contributed by atoms with Crippen molar-refractivity contribution in [3.8, 4) is 0 Å². The van der Waals surface area contributed by atoms with Gasteiger partial charge in [0.2, 0.25) is 0 Å². The van der Waals surface area contributed by atoms with Crippen LogP contribution < -0.4 is 5.73 Å². The number of piperidine rings is 1. The highest BCUT2D eigenvalue weighted by molar-refractivity contribution is 6.04. The number of likely N-dealkylation sites (tertiary alicyclic amines) is 1. The van der Waals surface area contributed by atoms with E-state index in [1.807, 2.05) is 12.1 Å². The Morgan fingerprint density at radius 2 is 2.10 bits per heavy atom. The number of amides is 1. The molecular weight excluding hydrogens is 264 g/mol. The maximum atomic E-state index is 11.5. The lowest BCUT2D eigenvalue weighted by Crippen LogP contribution is -2.38. The number of aromatic amines is 1. The van der Waals surface area contributed by atoms with Crippen molar-refractivity contribution in [3.63, 3.8) is 0 Å². The van der Waals surface area contributed by atoms with Gasteiger partial charge in [-0.3, -0.25) is 4.79 Å². The maximum absolute atomic E-state index is 11.5. The largest absolute Gasteiger partial charge is 0.366 e. The van der Waals surface area contributed by atoms with Crippen LogP contribution in [0.4, 0.5) is 0 Å². The average molecular weight is 286 g/mol. The summed E-state index contributed by atoms with van der Waals surface area (Å²) in [5.41, 5.74) is 7.51. The van der Waals surface area contributed by atoms with E-state index in [9.17, 15) is 4.79 Å². The normalized spacial score (nSPS) is 17.7. The van der Waals surface area contributed by atoms with Crippen molar-refractivity contribution in [2.24, 2.45) is 5.73 Å². The van der Waals surface area contributed by atoms with Gasteiger partial charge in [0.05, 0.1) is 11.1 Å². The SMILES string of the molecule is CC(C)N1CCC(c2nc3c(C(N)=O)cccc3[nH]2)CC1. The summed E-state index contributed by atoms with van der Waals surface area (Å²) in [5.74, 6) is 1.00. The number of benzene rings is 1. The van der Waals surface area contributed by atoms with Crippen LogP contribution in [0.15, 0.2) is 18.2 Å². The minimum absolute atomic E-state index is 0.423. The van der Waals surface area contributed by atoms with Crippen LogP contribution in [0.3, 0.4) is 0 Å². The molecule has 5 nitrogen and oxygen atoms in total. The molecule has 0 atom stereocenters. The summed E-state index contributed by atoms with van der Waals surface area (Å²) in [6, 6.07) is 6.12. The summed E-state index contributed by atoms with van der Waals surface area (Å²) in [7, 11) is 0. The van der Waals surface area contributed by atoms with Gasteiger partial charge in [-0.05, 0) is 51.9 Å². The molecule has 1 aromatic heterocycles. The quantitative estimate of drug-likeness (QED) is 0.908. The zero-order valence-corrected chi connectivity index (χ0v) is 12.6. The monoisotopic (exact) mass is 286 g/mol. The molecule has 1 aromatic carbocycles. The first-order valence-electron chi connectivity index (χ1n) is 7.58. The minimum atomic E-state index is -0.423. The van der Waals surface area contributed by atoms with Crippen LogP contribution in [0.5, 0.6) is 0 Å². The standard InChI is InChI=1S/C16H22N4O/c1-10(2)20-8-6-11(7-9-20)16-18-13-5-3-4-12(15(17)21)14(13)19-16/h3-5,10-11H,6-9H2,1-2H3,(H2,17,21)(H,18,19). The third-order valence-electron chi connectivity index (χ3n) is 4.44. The van der Waals surface area contributed by atoms with Crippen LogP contribution in [0.2, 0.25) is 0 Å². The second-order valence-electron chi connectivity index (χ2n) is 6.09. The van der Waals surface area contributed by atoms with Gasteiger partial charge >= 0.3 is 0 Å². The lowest BCUT2D eigenvalue weighted by Gasteiger charge is -2.33. The van der Waals surface area contributed by atoms with E-state index >= 15 is 0 Å². The molecule has 0 aliphatic carbocycles. The number of rotatable bonds is 3. The number of imidazole rings is 1. The number of aromatic nitrogens is 2. The van der Waals surface area contributed by atoms with Crippen molar-refractivity contribution in [2.75, 3.05) is 13.1 Å². The molecule has 1 fully saturated rings. The number of primary amides is 1.